The number of aromatic nitrogens is 3. The molecule has 0 amide bonds. The Balaban J connectivity index is 1.92. The lowest BCUT2D eigenvalue weighted by Gasteiger charge is -2.33. The van der Waals surface area contributed by atoms with Gasteiger partial charge in [-0.2, -0.15) is 14.4 Å². The van der Waals surface area contributed by atoms with Crippen molar-refractivity contribution in [2.75, 3.05) is 43.9 Å². The van der Waals surface area contributed by atoms with Crippen molar-refractivity contribution in [1.29, 1.82) is 0 Å². The van der Waals surface area contributed by atoms with E-state index in [1.165, 1.54) is 17.7 Å². The minimum absolute atomic E-state index is 0.0197. The zero-order valence-corrected chi connectivity index (χ0v) is 11.9. The van der Waals surface area contributed by atoms with Crippen LogP contribution in [0.3, 0.4) is 0 Å². The Morgan fingerprint density at radius 3 is 2.63 bits per heavy atom. The number of hydrogen-bond acceptors (Lipinski definition) is 6. The summed E-state index contributed by atoms with van der Waals surface area (Å²) in [6.45, 7) is 3.88. The monoisotopic (exact) mass is 289 g/mol. The minimum atomic E-state index is -3.25. The lowest BCUT2D eigenvalue weighted by molar-refractivity contribution is 0.135. The molecule has 1 unspecified atom stereocenters. The maximum Gasteiger partial charge on any atom is 0.221 e. The molecule has 0 aromatic carbocycles. The van der Waals surface area contributed by atoms with Crippen LogP contribution in [-0.2, 0) is 14.8 Å². The number of methoxy groups -OCH3 is 1. The molecule has 1 aromatic rings. The third-order valence-electron chi connectivity index (χ3n) is 3.18. The van der Waals surface area contributed by atoms with E-state index in [0.717, 1.165) is 0 Å². The molecule has 1 N–H and O–H groups in total. The third-order valence-corrected chi connectivity index (χ3v) is 5.22. The van der Waals surface area contributed by atoms with E-state index >= 15 is 0 Å². The predicted molar refractivity (Wildman–Crippen MR) is 70.4 cm³/mol. The van der Waals surface area contributed by atoms with Gasteiger partial charge in [-0.15, -0.1) is 0 Å². The van der Waals surface area contributed by atoms with Gasteiger partial charge in [-0.25, -0.2) is 13.5 Å². The van der Waals surface area contributed by atoms with Crippen LogP contribution in [0, 0.1) is 0 Å². The fraction of sp³-hybridized carbons (Fsp3) is 0.800. The van der Waals surface area contributed by atoms with Crippen LogP contribution in [0.4, 0.5) is 5.95 Å². The second-order valence-corrected chi connectivity index (χ2v) is 6.53. The summed E-state index contributed by atoms with van der Waals surface area (Å²) >= 11 is 0. The summed E-state index contributed by atoms with van der Waals surface area (Å²) in [4.78, 5) is 6.04. The van der Waals surface area contributed by atoms with Gasteiger partial charge in [-0.1, -0.05) is 0 Å². The first-order valence-corrected chi connectivity index (χ1v) is 7.75. The molecule has 0 spiro atoms. The summed E-state index contributed by atoms with van der Waals surface area (Å²) in [5.41, 5.74) is 0. The van der Waals surface area contributed by atoms with Gasteiger partial charge in [-0.05, 0) is 6.92 Å². The molecule has 0 aliphatic carbocycles. The quantitative estimate of drug-likeness (QED) is 0.770. The van der Waals surface area contributed by atoms with Crippen LogP contribution in [0.2, 0.25) is 0 Å². The number of anilines is 1. The standard InChI is InChI=1S/C10H19N5O3S/c1-9(18-2)7-19(16,17)15-5-3-14(4-6-15)10-11-8-12-13-10/h8-9H,3-7H2,1-2H3,(H,11,12,13). The highest BCUT2D eigenvalue weighted by molar-refractivity contribution is 7.89. The van der Waals surface area contributed by atoms with Crippen molar-refractivity contribution in [3.63, 3.8) is 0 Å². The normalized spacial score (nSPS) is 19.6. The molecule has 0 bridgehead atoms. The lowest BCUT2D eigenvalue weighted by atomic mass is 10.4. The lowest BCUT2D eigenvalue weighted by Crippen LogP contribution is -2.50. The summed E-state index contributed by atoms with van der Waals surface area (Å²) in [5, 5.41) is 6.57. The van der Waals surface area contributed by atoms with Gasteiger partial charge in [0.05, 0.1) is 11.9 Å². The summed E-state index contributed by atoms with van der Waals surface area (Å²) in [5.74, 6) is 0.702. The molecule has 8 nitrogen and oxygen atoms in total. The van der Waals surface area contributed by atoms with Crippen LogP contribution in [0.25, 0.3) is 0 Å². The van der Waals surface area contributed by atoms with Crippen molar-refractivity contribution in [2.24, 2.45) is 0 Å². The van der Waals surface area contributed by atoms with E-state index in [9.17, 15) is 8.42 Å². The predicted octanol–water partition coefficient (Wildman–Crippen LogP) is -0.709. The Morgan fingerprint density at radius 1 is 1.42 bits per heavy atom. The fourth-order valence-corrected chi connectivity index (χ4v) is 3.66. The summed E-state index contributed by atoms with van der Waals surface area (Å²) in [6, 6.07) is 0. The molecule has 0 radical (unpaired) electrons. The molecule has 19 heavy (non-hydrogen) atoms. The summed E-state index contributed by atoms with van der Waals surface area (Å²) in [7, 11) is -1.74. The van der Waals surface area contributed by atoms with Gasteiger partial charge in [0.2, 0.25) is 16.0 Å². The highest BCUT2D eigenvalue weighted by Crippen LogP contribution is 2.13. The van der Waals surface area contributed by atoms with Crippen LogP contribution in [0.5, 0.6) is 0 Å². The molecule has 1 aliphatic rings. The van der Waals surface area contributed by atoms with Crippen LogP contribution in [0.1, 0.15) is 6.92 Å². The fourth-order valence-electron chi connectivity index (χ4n) is 2.00. The SMILES string of the molecule is COC(C)CS(=O)(=O)N1CCN(c2ncn[nH]2)CC1. The second-order valence-electron chi connectivity index (χ2n) is 4.52. The Hall–Kier alpha value is -1.19. The topological polar surface area (TPSA) is 91.4 Å². The number of H-pyrrole nitrogens is 1. The molecular formula is C10H19N5O3S. The van der Waals surface area contributed by atoms with Crippen LogP contribution in [-0.4, -0.2) is 73.0 Å². The van der Waals surface area contributed by atoms with Crippen molar-refractivity contribution >= 4 is 16.0 Å². The van der Waals surface area contributed by atoms with Gasteiger partial charge in [-0.3, -0.25) is 0 Å². The first-order valence-electron chi connectivity index (χ1n) is 6.14. The Kier molecular flexibility index (Phi) is 4.38. The molecule has 1 aromatic heterocycles. The average Bonchev–Trinajstić information content (AvgIpc) is 2.92. The zero-order chi connectivity index (χ0) is 13.9. The number of aromatic amines is 1. The third kappa shape index (κ3) is 3.43. The average molecular weight is 289 g/mol. The number of ether oxygens (including phenoxy) is 1. The molecule has 9 heteroatoms. The van der Waals surface area contributed by atoms with Crippen molar-refractivity contribution in [3.05, 3.63) is 6.33 Å². The number of nitrogens with one attached hydrogen (secondary N) is 1. The van der Waals surface area contributed by atoms with Crippen molar-refractivity contribution in [2.45, 2.75) is 13.0 Å². The van der Waals surface area contributed by atoms with Gasteiger partial charge in [0.25, 0.3) is 0 Å². The molecular weight excluding hydrogens is 270 g/mol. The largest absolute Gasteiger partial charge is 0.381 e. The van der Waals surface area contributed by atoms with Crippen LogP contribution in [0.15, 0.2) is 6.33 Å². The van der Waals surface area contributed by atoms with Gasteiger partial charge in [0, 0.05) is 33.3 Å². The van der Waals surface area contributed by atoms with Gasteiger partial charge in [0.15, 0.2) is 0 Å². The maximum absolute atomic E-state index is 12.1. The molecule has 1 aliphatic heterocycles. The summed E-state index contributed by atoms with van der Waals surface area (Å²) < 4.78 is 30.8. The number of piperazine rings is 1. The van der Waals surface area contributed by atoms with E-state index in [1.54, 1.807) is 6.92 Å². The molecule has 0 saturated carbocycles. The van der Waals surface area contributed by atoms with E-state index in [-0.39, 0.29) is 11.9 Å². The highest BCUT2D eigenvalue weighted by Gasteiger charge is 2.29. The first-order chi connectivity index (χ1) is 9.03. The smallest absolute Gasteiger partial charge is 0.221 e. The molecule has 1 fully saturated rings. The van der Waals surface area contributed by atoms with E-state index in [0.29, 0.717) is 32.1 Å². The molecule has 108 valence electrons. The van der Waals surface area contributed by atoms with Gasteiger partial charge in [0.1, 0.15) is 6.33 Å². The van der Waals surface area contributed by atoms with E-state index in [1.807, 2.05) is 4.90 Å². The Morgan fingerprint density at radius 2 is 2.11 bits per heavy atom. The van der Waals surface area contributed by atoms with Crippen LogP contribution >= 0.6 is 0 Å². The molecule has 2 rings (SSSR count). The first kappa shape index (κ1) is 14.2. The van der Waals surface area contributed by atoms with E-state index < -0.39 is 10.0 Å². The number of nitrogens with zero attached hydrogens (tertiary/aromatic N) is 4. The van der Waals surface area contributed by atoms with Gasteiger partial charge < -0.3 is 9.64 Å². The van der Waals surface area contributed by atoms with E-state index in [4.69, 9.17) is 4.74 Å². The van der Waals surface area contributed by atoms with Gasteiger partial charge >= 0.3 is 0 Å². The van der Waals surface area contributed by atoms with Crippen molar-refractivity contribution in [3.8, 4) is 0 Å². The Bertz CT molecular complexity index is 481. The minimum Gasteiger partial charge on any atom is -0.381 e. The highest BCUT2D eigenvalue weighted by atomic mass is 32.2. The van der Waals surface area contributed by atoms with Crippen molar-refractivity contribution in [1.82, 2.24) is 19.5 Å². The Labute approximate surface area is 112 Å². The van der Waals surface area contributed by atoms with Crippen molar-refractivity contribution < 1.29 is 13.2 Å². The molecule has 2 heterocycles. The molecule has 1 saturated heterocycles. The van der Waals surface area contributed by atoms with Crippen LogP contribution < -0.4 is 4.90 Å². The number of hydrogen-bond donors (Lipinski definition) is 1. The summed E-state index contributed by atoms with van der Waals surface area (Å²) in [6.07, 6.45) is 1.15. The second kappa shape index (κ2) is 5.85. The maximum atomic E-state index is 12.1. The zero-order valence-electron chi connectivity index (χ0n) is 11.1. The number of sulfonamides is 1. The molecule has 1 atom stereocenters. The number of rotatable bonds is 5. The van der Waals surface area contributed by atoms with E-state index in [2.05, 4.69) is 15.2 Å².